The quantitative estimate of drug-likeness (QED) is 0.901. The Bertz CT molecular complexity index is 552. The van der Waals surface area contributed by atoms with Gasteiger partial charge in [0.15, 0.2) is 0 Å². The van der Waals surface area contributed by atoms with Gasteiger partial charge < -0.3 is 5.32 Å². The molecule has 0 saturated heterocycles. The minimum absolute atomic E-state index is 0.349. The maximum Gasteiger partial charge on any atom is 0.136 e. The number of benzene rings is 1. The molecule has 0 aliphatic rings. The predicted molar refractivity (Wildman–Crippen MR) is 74.0 cm³/mol. The van der Waals surface area contributed by atoms with Crippen LogP contribution in [0.5, 0.6) is 0 Å². The van der Waals surface area contributed by atoms with E-state index < -0.39 is 11.6 Å². The molecule has 1 heterocycles. The number of aromatic nitrogens is 1. The van der Waals surface area contributed by atoms with Crippen molar-refractivity contribution in [3.8, 4) is 10.6 Å². The van der Waals surface area contributed by atoms with Crippen molar-refractivity contribution in [1.82, 2.24) is 10.3 Å². The highest BCUT2D eigenvalue weighted by atomic mass is 32.1. The largest absolute Gasteiger partial charge is 0.312 e. The molecule has 0 aliphatic carbocycles. The van der Waals surface area contributed by atoms with Gasteiger partial charge in [-0.1, -0.05) is 13.8 Å². The van der Waals surface area contributed by atoms with Crippen molar-refractivity contribution in [2.75, 3.05) is 6.54 Å². The van der Waals surface area contributed by atoms with E-state index in [4.69, 9.17) is 0 Å². The lowest BCUT2D eigenvalue weighted by Gasteiger charge is -2.04. The van der Waals surface area contributed by atoms with Crippen LogP contribution in [0, 0.1) is 17.6 Å². The molecule has 0 spiro atoms. The van der Waals surface area contributed by atoms with E-state index in [2.05, 4.69) is 24.1 Å². The molecule has 102 valence electrons. The molecule has 0 atom stereocenters. The number of halogens is 2. The third-order valence-corrected chi connectivity index (χ3v) is 3.60. The molecule has 0 fully saturated rings. The zero-order valence-corrected chi connectivity index (χ0v) is 11.7. The number of thiazole rings is 1. The smallest absolute Gasteiger partial charge is 0.136 e. The molecule has 0 aliphatic heterocycles. The summed E-state index contributed by atoms with van der Waals surface area (Å²) < 4.78 is 26.5. The van der Waals surface area contributed by atoms with Gasteiger partial charge in [0.2, 0.25) is 0 Å². The SMILES string of the molecule is CC(C)CNCc1cnc(-c2ccc(F)cc2F)s1. The number of hydrogen-bond acceptors (Lipinski definition) is 3. The van der Waals surface area contributed by atoms with Crippen molar-refractivity contribution in [1.29, 1.82) is 0 Å². The highest BCUT2D eigenvalue weighted by molar-refractivity contribution is 7.15. The maximum atomic E-state index is 13.6. The summed E-state index contributed by atoms with van der Waals surface area (Å²) in [4.78, 5) is 5.23. The van der Waals surface area contributed by atoms with Crippen LogP contribution in [-0.2, 0) is 6.54 Å². The fourth-order valence-corrected chi connectivity index (χ4v) is 2.57. The van der Waals surface area contributed by atoms with Crippen LogP contribution in [0.25, 0.3) is 10.6 Å². The standard InChI is InChI=1S/C14H16F2N2S/c1-9(2)6-17-7-11-8-18-14(19-11)12-4-3-10(15)5-13(12)16/h3-5,8-9,17H,6-7H2,1-2H3. The molecule has 0 radical (unpaired) electrons. The highest BCUT2D eigenvalue weighted by Crippen LogP contribution is 2.27. The number of hydrogen-bond donors (Lipinski definition) is 1. The Morgan fingerprint density at radius 2 is 2.11 bits per heavy atom. The van der Waals surface area contributed by atoms with Gasteiger partial charge in [-0.25, -0.2) is 13.8 Å². The first-order valence-corrected chi connectivity index (χ1v) is 6.98. The molecule has 2 aromatic rings. The second kappa shape index (κ2) is 6.21. The lowest BCUT2D eigenvalue weighted by molar-refractivity contribution is 0.554. The molecule has 5 heteroatoms. The van der Waals surface area contributed by atoms with E-state index in [9.17, 15) is 8.78 Å². The number of nitrogens with zero attached hydrogens (tertiary/aromatic N) is 1. The van der Waals surface area contributed by atoms with Crippen LogP contribution < -0.4 is 5.32 Å². The van der Waals surface area contributed by atoms with Gasteiger partial charge in [0.25, 0.3) is 0 Å². The van der Waals surface area contributed by atoms with Crippen molar-refractivity contribution in [2.45, 2.75) is 20.4 Å². The Labute approximate surface area is 115 Å². The molecular weight excluding hydrogens is 266 g/mol. The van der Waals surface area contributed by atoms with Gasteiger partial charge in [-0.3, -0.25) is 0 Å². The zero-order chi connectivity index (χ0) is 13.8. The van der Waals surface area contributed by atoms with Crippen molar-refractivity contribution in [3.05, 3.63) is 40.9 Å². The second-order valence-corrected chi connectivity index (χ2v) is 5.90. The minimum Gasteiger partial charge on any atom is -0.312 e. The van der Waals surface area contributed by atoms with Crippen molar-refractivity contribution in [2.24, 2.45) is 5.92 Å². The Morgan fingerprint density at radius 3 is 2.79 bits per heavy atom. The summed E-state index contributed by atoms with van der Waals surface area (Å²) in [7, 11) is 0. The number of nitrogens with one attached hydrogen (secondary N) is 1. The Morgan fingerprint density at radius 1 is 1.32 bits per heavy atom. The van der Waals surface area contributed by atoms with E-state index in [1.54, 1.807) is 6.20 Å². The highest BCUT2D eigenvalue weighted by Gasteiger charge is 2.10. The van der Waals surface area contributed by atoms with E-state index in [0.29, 0.717) is 16.5 Å². The summed E-state index contributed by atoms with van der Waals surface area (Å²) in [6.45, 7) is 5.93. The molecule has 0 amide bonds. The van der Waals surface area contributed by atoms with Crippen LogP contribution in [0.4, 0.5) is 8.78 Å². The lowest BCUT2D eigenvalue weighted by Crippen LogP contribution is -2.18. The van der Waals surface area contributed by atoms with Gasteiger partial charge >= 0.3 is 0 Å². The summed E-state index contributed by atoms with van der Waals surface area (Å²) in [5.41, 5.74) is 0.349. The second-order valence-electron chi connectivity index (χ2n) is 4.78. The maximum absolute atomic E-state index is 13.6. The van der Waals surface area contributed by atoms with E-state index in [1.165, 1.54) is 23.5 Å². The average molecular weight is 282 g/mol. The normalized spacial score (nSPS) is 11.2. The molecular formula is C14H16F2N2S. The molecule has 19 heavy (non-hydrogen) atoms. The zero-order valence-electron chi connectivity index (χ0n) is 10.9. The van der Waals surface area contributed by atoms with Crippen LogP contribution in [0.3, 0.4) is 0 Å². The molecule has 1 aromatic carbocycles. The van der Waals surface area contributed by atoms with Crippen LogP contribution in [0.15, 0.2) is 24.4 Å². The summed E-state index contributed by atoms with van der Waals surface area (Å²) in [5.74, 6) is -0.561. The molecule has 2 rings (SSSR count). The van der Waals surface area contributed by atoms with E-state index in [1.807, 2.05) is 0 Å². The first-order valence-electron chi connectivity index (χ1n) is 6.17. The van der Waals surface area contributed by atoms with Gasteiger partial charge in [0.1, 0.15) is 16.6 Å². The van der Waals surface area contributed by atoms with Crippen molar-refractivity contribution >= 4 is 11.3 Å². The third kappa shape index (κ3) is 3.81. The topological polar surface area (TPSA) is 24.9 Å². The van der Waals surface area contributed by atoms with E-state index >= 15 is 0 Å². The molecule has 2 nitrogen and oxygen atoms in total. The van der Waals surface area contributed by atoms with Crippen molar-refractivity contribution < 1.29 is 8.78 Å². The number of rotatable bonds is 5. The summed E-state index contributed by atoms with van der Waals surface area (Å²) in [6, 6.07) is 3.55. The molecule has 0 saturated carbocycles. The van der Waals surface area contributed by atoms with Gasteiger partial charge in [-0.2, -0.15) is 0 Å². The summed E-state index contributed by atoms with van der Waals surface area (Å²) in [6.07, 6.45) is 1.73. The first kappa shape index (κ1) is 14.1. The lowest BCUT2D eigenvalue weighted by atomic mass is 10.2. The molecule has 1 aromatic heterocycles. The van der Waals surface area contributed by atoms with Gasteiger partial charge in [0, 0.05) is 29.2 Å². The van der Waals surface area contributed by atoms with E-state index in [-0.39, 0.29) is 0 Å². The third-order valence-electron chi connectivity index (χ3n) is 2.57. The fraction of sp³-hybridized carbons (Fsp3) is 0.357. The minimum atomic E-state index is -0.573. The Kier molecular flexibility index (Phi) is 4.61. The molecule has 0 unspecified atom stereocenters. The summed E-state index contributed by atoms with van der Waals surface area (Å²) >= 11 is 1.42. The van der Waals surface area contributed by atoms with Crippen LogP contribution in [0.2, 0.25) is 0 Å². The first-order chi connectivity index (χ1) is 9.06. The van der Waals surface area contributed by atoms with Gasteiger partial charge in [0.05, 0.1) is 0 Å². The van der Waals surface area contributed by atoms with Crippen LogP contribution in [-0.4, -0.2) is 11.5 Å². The molecule has 1 N–H and O–H groups in total. The van der Waals surface area contributed by atoms with Crippen LogP contribution >= 0.6 is 11.3 Å². The Balaban J connectivity index is 2.08. The molecule has 0 bridgehead atoms. The predicted octanol–water partition coefficient (Wildman–Crippen LogP) is 3.83. The van der Waals surface area contributed by atoms with Crippen molar-refractivity contribution in [3.63, 3.8) is 0 Å². The fourth-order valence-electron chi connectivity index (χ4n) is 1.66. The monoisotopic (exact) mass is 282 g/mol. The van der Waals surface area contributed by atoms with Gasteiger partial charge in [-0.15, -0.1) is 11.3 Å². The summed E-state index contributed by atoms with van der Waals surface area (Å²) in [5, 5.41) is 3.89. The van der Waals surface area contributed by atoms with Gasteiger partial charge in [-0.05, 0) is 24.6 Å². The van der Waals surface area contributed by atoms with E-state index in [0.717, 1.165) is 24.0 Å². The Hall–Kier alpha value is -1.33. The van der Waals surface area contributed by atoms with Crippen LogP contribution in [0.1, 0.15) is 18.7 Å². The average Bonchev–Trinajstić information content (AvgIpc) is 2.77.